The van der Waals surface area contributed by atoms with Gasteiger partial charge in [0.2, 0.25) is 0 Å². The van der Waals surface area contributed by atoms with Crippen LogP contribution in [0.25, 0.3) is 0 Å². The largest absolute Gasteiger partial charge is 0.480 e. The molecule has 0 unspecified atom stereocenters. The van der Waals surface area contributed by atoms with Gasteiger partial charge in [0, 0.05) is 10.2 Å². The number of halogens is 1. The van der Waals surface area contributed by atoms with Gasteiger partial charge in [-0.2, -0.15) is 0 Å². The normalized spacial score (nSPS) is 11.8. The fraction of sp³-hybridized carbons (Fsp3) is 0.333. The monoisotopic (exact) mass is 314 g/mol. The van der Waals surface area contributed by atoms with Crippen molar-refractivity contribution in [1.29, 1.82) is 0 Å². The molecule has 1 atom stereocenters. The minimum absolute atomic E-state index is 0.529. The van der Waals surface area contributed by atoms with E-state index in [0.29, 0.717) is 5.69 Å². The minimum Gasteiger partial charge on any atom is -0.480 e. The van der Waals surface area contributed by atoms with Gasteiger partial charge in [-0.25, -0.2) is 4.79 Å². The van der Waals surface area contributed by atoms with Crippen LogP contribution in [-0.2, 0) is 4.79 Å². The third kappa shape index (κ3) is 3.73. The lowest BCUT2D eigenvalue weighted by atomic mass is 10.1. The van der Waals surface area contributed by atoms with Crippen LogP contribution in [0.2, 0.25) is 0 Å². The van der Waals surface area contributed by atoms with E-state index >= 15 is 0 Å². The third-order valence-electron chi connectivity index (χ3n) is 2.45. The minimum atomic E-state index is -1.07. The zero-order valence-corrected chi connectivity index (χ0v) is 12.0. The summed E-state index contributed by atoms with van der Waals surface area (Å²) in [6.07, 6.45) is 0. The van der Waals surface area contributed by atoms with Crippen LogP contribution < -0.4 is 10.6 Å². The Morgan fingerprint density at radius 3 is 2.22 bits per heavy atom. The van der Waals surface area contributed by atoms with E-state index in [1.807, 2.05) is 26.0 Å². The van der Waals surface area contributed by atoms with Gasteiger partial charge in [-0.1, -0.05) is 15.9 Å². The second-order valence-electron chi connectivity index (χ2n) is 4.07. The molecule has 0 aliphatic heterocycles. The fourth-order valence-corrected chi connectivity index (χ4v) is 2.20. The van der Waals surface area contributed by atoms with Gasteiger partial charge < -0.3 is 15.7 Å². The summed E-state index contributed by atoms with van der Waals surface area (Å²) in [4.78, 5) is 22.2. The van der Waals surface area contributed by atoms with Crippen molar-refractivity contribution >= 4 is 33.6 Å². The number of carboxylic acid groups (broad SMARTS) is 1. The van der Waals surface area contributed by atoms with Crippen molar-refractivity contribution in [2.75, 3.05) is 5.32 Å². The summed E-state index contributed by atoms with van der Waals surface area (Å²) in [5.41, 5.74) is 2.49. The number of rotatable bonds is 3. The van der Waals surface area contributed by atoms with Crippen LogP contribution in [0.5, 0.6) is 0 Å². The molecule has 1 aromatic rings. The highest BCUT2D eigenvalue weighted by Gasteiger charge is 2.15. The molecule has 0 heterocycles. The Hall–Kier alpha value is -1.56. The SMILES string of the molecule is Cc1cc(Br)cc(C)c1NC(=O)N[C@H](C)C(=O)O. The summed E-state index contributed by atoms with van der Waals surface area (Å²) in [5, 5.41) is 13.7. The Morgan fingerprint density at radius 1 is 1.28 bits per heavy atom. The average Bonchev–Trinajstić information content (AvgIpc) is 2.23. The lowest BCUT2D eigenvalue weighted by molar-refractivity contribution is -0.138. The van der Waals surface area contributed by atoms with Crippen LogP contribution in [0, 0.1) is 13.8 Å². The maximum Gasteiger partial charge on any atom is 0.325 e. The molecule has 6 heteroatoms. The molecule has 0 aliphatic carbocycles. The number of urea groups is 1. The van der Waals surface area contributed by atoms with Gasteiger partial charge in [0.1, 0.15) is 6.04 Å². The van der Waals surface area contributed by atoms with E-state index in [4.69, 9.17) is 5.11 Å². The number of carbonyl (C=O) groups excluding carboxylic acids is 1. The average molecular weight is 315 g/mol. The van der Waals surface area contributed by atoms with E-state index in [2.05, 4.69) is 26.6 Å². The Labute approximate surface area is 114 Å². The number of aryl methyl sites for hydroxylation is 2. The first-order valence-corrected chi connectivity index (χ1v) is 6.17. The van der Waals surface area contributed by atoms with Crippen molar-refractivity contribution in [2.45, 2.75) is 26.8 Å². The van der Waals surface area contributed by atoms with Crippen LogP contribution in [0.15, 0.2) is 16.6 Å². The van der Waals surface area contributed by atoms with Crippen LogP contribution in [0.1, 0.15) is 18.1 Å². The standard InChI is InChI=1S/C12H15BrN2O3/c1-6-4-9(13)5-7(2)10(6)15-12(18)14-8(3)11(16)17/h4-5,8H,1-3H3,(H,16,17)(H2,14,15,18)/t8-/m1/s1. The molecular weight excluding hydrogens is 300 g/mol. The fourth-order valence-electron chi connectivity index (χ4n) is 1.52. The number of aliphatic carboxylic acids is 1. The summed E-state index contributed by atoms with van der Waals surface area (Å²) >= 11 is 3.37. The maximum atomic E-state index is 11.6. The first kappa shape index (κ1) is 14.5. The molecular formula is C12H15BrN2O3. The van der Waals surface area contributed by atoms with Gasteiger partial charge in [-0.05, 0) is 44.0 Å². The molecule has 0 saturated carbocycles. The van der Waals surface area contributed by atoms with Gasteiger partial charge in [-0.3, -0.25) is 4.79 Å². The number of hydrogen-bond acceptors (Lipinski definition) is 2. The zero-order chi connectivity index (χ0) is 13.9. The van der Waals surface area contributed by atoms with E-state index in [9.17, 15) is 9.59 Å². The Balaban J connectivity index is 2.80. The number of anilines is 1. The van der Waals surface area contributed by atoms with Gasteiger partial charge in [0.05, 0.1) is 0 Å². The molecule has 2 amide bonds. The number of carboxylic acids is 1. The molecule has 5 nitrogen and oxygen atoms in total. The van der Waals surface area contributed by atoms with Crippen molar-refractivity contribution in [2.24, 2.45) is 0 Å². The van der Waals surface area contributed by atoms with Crippen LogP contribution >= 0.6 is 15.9 Å². The highest BCUT2D eigenvalue weighted by molar-refractivity contribution is 9.10. The van der Waals surface area contributed by atoms with Crippen molar-refractivity contribution < 1.29 is 14.7 Å². The molecule has 3 N–H and O–H groups in total. The predicted molar refractivity (Wildman–Crippen MR) is 72.9 cm³/mol. The molecule has 0 aromatic heterocycles. The number of hydrogen-bond donors (Lipinski definition) is 3. The van der Waals surface area contributed by atoms with E-state index in [0.717, 1.165) is 15.6 Å². The summed E-state index contributed by atoms with van der Waals surface area (Å²) in [7, 11) is 0. The lowest BCUT2D eigenvalue weighted by Gasteiger charge is -2.14. The predicted octanol–water partition coefficient (Wildman–Crippen LogP) is 2.66. The van der Waals surface area contributed by atoms with E-state index in [1.165, 1.54) is 6.92 Å². The van der Waals surface area contributed by atoms with Gasteiger partial charge in [-0.15, -0.1) is 0 Å². The van der Waals surface area contributed by atoms with Gasteiger partial charge in [0.25, 0.3) is 0 Å². The summed E-state index contributed by atoms with van der Waals surface area (Å²) in [6, 6.07) is 2.30. The molecule has 1 aromatic carbocycles. The smallest absolute Gasteiger partial charge is 0.325 e. The van der Waals surface area contributed by atoms with E-state index in [-0.39, 0.29) is 0 Å². The first-order chi connectivity index (χ1) is 8.31. The Morgan fingerprint density at radius 2 is 1.78 bits per heavy atom. The maximum absolute atomic E-state index is 11.6. The molecule has 0 saturated heterocycles. The number of benzene rings is 1. The molecule has 0 bridgehead atoms. The van der Waals surface area contributed by atoms with Crippen molar-refractivity contribution in [3.63, 3.8) is 0 Å². The highest BCUT2D eigenvalue weighted by Crippen LogP contribution is 2.24. The zero-order valence-electron chi connectivity index (χ0n) is 10.4. The molecule has 0 fully saturated rings. The second kappa shape index (κ2) is 5.86. The molecule has 98 valence electrons. The molecule has 0 spiro atoms. The van der Waals surface area contributed by atoms with Crippen molar-refractivity contribution in [1.82, 2.24) is 5.32 Å². The number of carbonyl (C=O) groups is 2. The van der Waals surface area contributed by atoms with Crippen LogP contribution in [0.4, 0.5) is 10.5 Å². The van der Waals surface area contributed by atoms with E-state index < -0.39 is 18.0 Å². The van der Waals surface area contributed by atoms with Crippen LogP contribution in [-0.4, -0.2) is 23.1 Å². The lowest BCUT2D eigenvalue weighted by Crippen LogP contribution is -2.41. The number of nitrogens with one attached hydrogen (secondary N) is 2. The summed E-state index contributed by atoms with van der Waals surface area (Å²) in [6.45, 7) is 5.14. The second-order valence-corrected chi connectivity index (χ2v) is 4.99. The Kier molecular flexibility index (Phi) is 4.72. The number of amides is 2. The quantitative estimate of drug-likeness (QED) is 0.802. The van der Waals surface area contributed by atoms with Crippen molar-refractivity contribution in [3.05, 3.63) is 27.7 Å². The van der Waals surface area contributed by atoms with Gasteiger partial charge in [0.15, 0.2) is 0 Å². The summed E-state index contributed by atoms with van der Waals surface area (Å²) < 4.78 is 0.933. The summed E-state index contributed by atoms with van der Waals surface area (Å²) in [5.74, 6) is -1.07. The third-order valence-corrected chi connectivity index (χ3v) is 2.91. The molecule has 0 radical (unpaired) electrons. The molecule has 18 heavy (non-hydrogen) atoms. The van der Waals surface area contributed by atoms with Gasteiger partial charge >= 0.3 is 12.0 Å². The first-order valence-electron chi connectivity index (χ1n) is 5.38. The topological polar surface area (TPSA) is 78.4 Å². The Bertz CT molecular complexity index is 465. The highest BCUT2D eigenvalue weighted by atomic mass is 79.9. The molecule has 0 aliphatic rings. The molecule has 1 rings (SSSR count). The van der Waals surface area contributed by atoms with Crippen LogP contribution in [0.3, 0.4) is 0 Å². The van der Waals surface area contributed by atoms with Crippen molar-refractivity contribution in [3.8, 4) is 0 Å². The van der Waals surface area contributed by atoms with E-state index in [1.54, 1.807) is 0 Å².